The molecule has 0 aliphatic rings. The molecule has 0 radical (unpaired) electrons. The number of hydrogen-bond donors (Lipinski definition) is 0. The van der Waals surface area contributed by atoms with Gasteiger partial charge in [-0.15, -0.1) is 0 Å². The zero-order chi connectivity index (χ0) is 44.4. The van der Waals surface area contributed by atoms with Crippen molar-refractivity contribution in [1.29, 1.82) is 0 Å². The normalized spacial score (nSPS) is 12.8. The Hall–Kier alpha value is -3.41. The van der Waals surface area contributed by atoms with Crippen molar-refractivity contribution in [3.63, 3.8) is 0 Å². The quantitative estimate of drug-likeness (QED) is 0.0200. The monoisotopic (exact) mass is 849 g/mol. The highest BCUT2D eigenvalue weighted by Gasteiger charge is 2.19. The lowest BCUT2D eigenvalue weighted by atomic mass is 10.1. The third-order valence-electron chi connectivity index (χ3n) is 10.4. The van der Waals surface area contributed by atoms with Crippen LogP contribution in [0.2, 0.25) is 0 Å². The van der Waals surface area contributed by atoms with Gasteiger partial charge in [0.2, 0.25) is 0 Å². The standard InChI is InChI=1S/C55H92O6/c1-4-7-10-13-16-19-22-24-26-27-28-29-31-33-36-39-42-45-48-54(57)60-51-52(50-59-53(56)47-44-41-38-35-32-21-18-15-12-9-6-3)61-55(58)49-46-43-40-37-34-30-25-23-20-17-14-11-8-5-2/h9,12,18,21-22,24,26-30,34-35,38,52H,4-8,10-11,13-17,19-20,23,25,31-33,36-37,39-51H2,1-3H3/b12-9-,21-18-,24-22-,27-26-,29-28-,34-30-,38-35-. The first kappa shape index (κ1) is 57.6. The fourth-order valence-corrected chi connectivity index (χ4v) is 6.64. The fraction of sp³-hybridized carbons (Fsp3) is 0.691. The highest BCUT2D eigenvalue weighted by Crippen LogP contribution is 2.13. The van der Waals surface area contributed by atoms with Crippen molar-refractivity contribution in [2.45, 2.75) is 232 Å². The van der Waals surface area contributed by atoms with E-state index in [0.29, 0.717) is 19.3 Å². The second kappa shape index (κ2) is 49.2. The number of esters is 3. The van der Waals surface area contributed by atoms with Crippen LogP contribution in [0, 0.1) is 0 Å². The SMILES string of the molecule is CC/C=C\C/C=C\C/C=C\CCCC(=O)OCC(COC(=O)CCCCCCC\C=C/C=C\C=C/CCCCCCC)OC(=O)CCCCC/C=C\CCCCCCCCC. The molecule has 0 spiro atoms. The summed E-state index contributed by atoms with van der Waals surface area (Å²) in [7, 11) is 0. The van der Waals surface area contributed by atoms with Crippen LogP contribution in [0.15, 0.2) is 85.1 Å². The summed E-state index contributed by atoms with van der Waals surface area (Å²) in [5.74, 6) is -1.00. The van der Waals surface area contributed by atoms with Crippen molar-refractivity contribution >= 4 is 17.9 Å². The van der Waals surface area contributed by atoms with Crippen molar-refractivity contribution in [1.82, 2.24) is 0 Å². The van der Waals surface area contributed by atoms with Crippen molar-refractivity contribution in [2.24, 2.45) is 0 Å². The van der Waals surface area contributed by atoms with E-state index in [9.17, 15) is 14.4 Å². The van der Waals surface area contributed by atoms with Gasteiger partial charge in [0, 0.05) is 19.3 Å². The highest BCUT2D eigenvalue weighted by atomic mass is 16.6. The van der Waals surface area contributed by atoms with E-state index >= 15 is 0 Å². The lowest BCUT2D eigenvalue weighted by Crippen LogP contribution is -2.30. The average Bonchev–Trinajstić information content (AvgIpc) is 3.26. The number of allylic oxidation sites excluding steroid dienone is 14. The second-order valence-electron chi connectivity index (χ2n) is 16.4. The third kappa shape index (κ3) is 47.5. The van der Waals surface area contributed by atoms with Crippen LogP contribution in [0.5, 0.6) is 0 Å². The molecule has 1 atom stereocenters. The Balaban J connectivity index is 4.48. The van der Waals surface area contributed by atoms with Gasteiger partial charge in [-0.3, -0.25) is 14.4 Å². The number of rotatable bonds is 44. The van der Waals surface area contributed by atoms with E-state index in [4.69, 9.17) is 14.2 Å². The fourth-order valence-electron chi connectivity index (χ4n) is 6.64. The van der Waals surface area contributed by atoms with Gasteiger partial charge >= 0.3 is 17.9 Å². The first-order valence-corrected chi connectivity index (χ1v) is 25.1. The minimum absolute atomic E-state index is 0.110. The molecule has 1 unspecified atom stereocenters. The van der Waals surface area contributed by atoms with Gasteiger partial charge in [-0.1, -0.05) is 196 Å². The van der Waals surface area contributed by atoms with E-state index in [1.165, 1.54) is 77.0 Å². The molecule has 0 aliphatic carbocycles. The molecule has 0 N–H and O–H groups in total. The number of unbranched alkanes of at least 4 members (excludes halogenated alkanes) is 21. The van der Waals surface area contributed by atoms with Gasteiger partial charge in [0.1, 0.15) is 13.2 Å². The summed E-state index contributed by atoms with van der Waals surface area (Å²) < 4.78 is 16.7. The van der Waals surface area contributed by atoms with Crippen LogP contribution in [0.3, 0.4) is 0 Å². The first-order valence-electron chi connectivity index (χ1n) is 25.1. The Morgan fingerprint density at radius 2 is 0.721 bits per heavy atom. The molecule has 0 bridgehead atoms. The molecule has 0 saturated carbocycles. The molecule has 0 fully saturated rings. The van der Waals surface area contributed by atoms with Crippen molar-refractivity contribution < 1.29 is 28.6 Å². The number of hydrogen-bond acceptors (Lipinski definition) is 6. The minimum atomic E-state index is -0.812. The smallest absolute Gasteiger partial charge is 0.306 e. The van der Waals surface area contributed by atoms with Gasteiger partial charge in [0.25, 0.3) is 0 Å². The van der Waals surface area contributed by atoms with E-state index in [-0.39, 0.29) is 37.5 Å². The van der Waals surface area contributed by atoms with Crippen LogP contribution in [-0.2, 0) is 28.6 Å². The Labute approximate surface area is 375 Å². The topological polar surface area (TPSA) is 78.9 Å². The molecule has 0 heterocycles. The molecule has 348 valence electrons. The summed E-state index contributed by atoms with van der Waals surface area (Å²) in [5.41, 5.74) is 0. The zero-order valence-electron chi connectivity index (χ0n) is 39.7. The lowest BCUT2D eigenvalue weighted by Gasteiger charge is -2.18. The lowest BCUT2D eigenvalue weighted by molar-refractivity contribution is -0.167. The Bertz CT molecular complexity index is 1200. The molecule has 0 amide bonds. The van der Waals surface area contributed by atoms with Crippen LogP contribution in [0.4, 0.5) is 0 Å². The minimum Gasteiger partial charge on any atom is -0.462 e. The van der Waals surface area contributed by atoms with E-state index in [1.807, 2.05) is 0 Å². The largest absolute Gasteiger partial charge is 0.462 e. The van der Waals surface area contributed by atoms with Gasteiger partial charge < -0.3 is 14.2 Å². The Morgan fingerprint density at radius 3 is 1.23 bits per heavy atom. The summed E-state index contributed by atoms with van der Waals surface area (Å²) in [4.78, 5) is 37.9. The maximum absolute atomic E-state index is 12.8. The third-order valence-corrected chi connectivity index (χ3v) is 10.4. The van der Waals surface area contributed by atoms with E-state index in [1.54, 1.807) is 0 Å². The van der Waals surface area contributed by atoms with Crippen LogP contribution in [-0.4, -0.2) is 37.2 Å². The van der Waals surface area contributed by atoms with Gasteiger partial charge in [0.15, 0.2) is 6.10 Å². The predicted octanol–water partition coefficient (Wildman–Crippen LogP) is 16.4. The zero-order valence-corrected chi connectivity index (χ0v) is 39.7. The predicted molar refractivity (Wildman–Crippen MR) is 261 cm³/mol. The van der Waals surface area contributed by atoms with Crippen LogP contribution >= 0.6 is 0 Å². The molecule has 0 rings (SSSR count). The molecular formula is C55H92O6. The van der Waals surface area contributed by atoms with E-state index < -0.39 is 6.10 Å². The van der Waals surface area contributed by atoms with Crippen molar-refractivity contribution in [3.8, 4) is 0 Å². The first-order chi connectivity index (χ1) is 30.0. The highest BCUT2D eigenvalue weighted by molar-refractivity contribution is 5.71. The average molecular weight is 849 g/mol. The van der Waals surface area contributed by atoms with E-state index in [2.05, 4.69) is 106 Å². The summed E-state index contributed by atoms with van der Waals surface area (Å²) in [6.07, 6.45) is 62.9. The summed E-state index contributed by atoms with van der Waals surface area (Å²) in [6, 6.07) is 0. The molecule has 0 aromatic carbocycles. The number of ether oxygens (including phenoxy) is 3. The van der Waals surface area contributed by atoms with Gasteiger partial charge in [-0.2, -0.15) is 0 Å². The summed E-state index contributed by atoms with van der Waals surface area (Å²) in [5, 5.41) is 0. The van der Waals surface area contributed by atoms with E-state index in [0.717, 1.165) is 103 Å². The van der Waals surface area contributed by atoms with Gasteiger partial charge in [0.05, 0.1) is 0 Å². The Morgan fingerprint density at radius 1 is 0.361 bits per heavy atom. The maximum atomic E-state index is 12.8. The molecule has 0 aliphatic heterocycles. The van der Waals surface area contributed by atoms with Crippen LogP contribution < -0.4 is 0 Å². The van der Waals surface area contributed by atoms with Gasteiger partial charge in [-0.05, 0) is 96.3 Å². The summed E-state index contributed by atoms with van der Waals surface area (Å²) >= 11 is 0. The molecule has 0 saturated heterocycles. The second-order valence-corrected chi connectivity index (χ2v) is 16.4. The molecule has 0 aromatic heterocycles. The molecule has 6 heteroatoms. The molecule has 6 nitrogen and oxygen atoms in total. The molecule has 61 heavy (non-hydrogen) atoms. The molecule has 0 aromatic rings. The van der Waals surface area contributed by atoms with Crippen LogP contribution in [0.1, 0.15) is 226 Å². The van der Waals surface area contributed by atoms with Crippen molar-refractivity contribution in [2.75, 3.05) is 13.2 Å². The number of carbonyl (C=O) groups is 3. The molecular weight excluding hydrogens is 757 g/mol. The number of carbonyl (C=O) groups excluding carboxylic acids is 3. The summed E-state index contributed by atoms with van der Waals surface area (Å²) in [6.45, 7) is 6.41. The Kier molecular flexibility index (Phi) is 46.5. The van der Waals surface area contributed by atoms with Gasteiger partial charge in [-0.25, -0.2) is 0 Å². The maximum Gasteiger partial charge on any atom is 0.306 e. The van der Waals surface area contributed by atoms with Crippen LogP contribution in [0.25, 0.3) is 0 Å². The van der Waals surface area contributed by atoms with Crippen molar-refractivity contribution in [3.05, 3.63) is 85.1 Å².